The molecular weight excluding hydrogens is 534 g/mol. The van der Waals surface area contributed by atoms with E-state index in [1.807, 2.05) is 0 Å². The van der Waals surface area contributed by atoms with Gasteiger partial charge in [0.2, 0.25) is 0 Å². The third-order valence-corrected chi connectivity index (χ3v) is 6.68. The Bertz CT molecular complexity index is 950. The highest BCUT2D eigenvalue weighted by molar-refractivity contribution is 5.86. The minimum Gasteiger partial charge on any atom is -0.388 e. The average Bonchev–Trinajstić information content (AvgIpc) is 3.02. The molecule has 0 fully saturated rings. The molecule has 12 nitrogen and oxygen atoms in total. The van der Waals surface area contributed by atoms with Gasteiger partial charge >= 0.3 is 0 Å². The van der Waals surface area contributed by atoms with Gasteiger partial charge in [0.25, 0.3) is 0 Å². The van der Waals surface area contributed by atoms with Crippen molar-refractivity contribution in [2.24, 2.45) is 5.41 Å². The average molecular weight is 574 g/mol. The number of dihydropyridines is 3. The zero-order valence-electron chi connectivity index (χ0n) is 22.9. The number of nitrogens with one attached hydrogen (secondary N) is 3. The van der Waals surface area contributed by atoms with Crippen LogP contribution >= 0.6 is 0 Å². The second-order valence-electron chi connectivity index (χ2n) is 10.2. The second kappa shape index (κ2) is 16.2. The van der Waals surface area contributed by atoms with E-state index in [0.717, 1.165) is 0 Å². The molecule has 0 aliphatic carbocycles. The van der Waals surface area contributed by atoms with E-state index in [0.29, 0.717) is 0 Å². The molecule has 0 saturated heterocycles. The standard InChI is InChI=1S/C29H39N3O9/c1-29(17-39-26(23(36)14-33)20-8-2-5-11-30-20,18-40-27(24(37)15-34)21-9-3-6-12-31-21)19-41-28(25(38)16-35)22-10-4-7-13-32-22/h2-13,20-22,26-28,30-35H,14-19H2,1H3. The van der Waals surface area contributed by atoms with Crippen LogP contribution in [0.2, 0.25) is 0 Å². The first-order chi connectivity index (χ1) is 19.8. The van der Waals surface area contributed by atoms with Gasteiger partial charge in [-0.05, 0) is 36.8 Å². The van der Waals surface area contributed by atoms with Gasteiger partial charge in [-0.25, -0.2) is 0 Å². The molecule has 6 N–H and O–H groups in total. The van der Waals surface area contributed by atoms with Crippen molar-refractivity contribution in [3.63, 3.8) is 0 Å². The van der Waals surface area contributed by atoms with Crippen LogP contribution in [0.1, 0.15) is 6.92 Å². The lowest BCUT2D eigenvalue weighted by Gasteiger charge is -2.36. The van der Waals surface area contributed by atoms with E-state index in [4.69, 9.17) is 14.2 Å². The molecule has 0 bridgehead atoms. The molecule has 0 saturated carbocycles. The second-order valence-corrected chi connectivity index (χ2v) is 10.2. The Morgan fingerprint density at radius 3 is 1.12 bits per heavy atom. The molecule has 6 atom stereocenters. The Hall–Kier alpha value is -3.39. The maximum Gasteiger partial charge on any atom is 0.189 e. The zero-order chi connectivity index (χ0) is 29.7. The molecule has 0 radical (unpaired) electrons. The fraction of sp³-hybridized carbons (Fsp3) is 0.483. The molecule has 3 aliphatic rings. The molecule has 0 aromatic carbocycles. The van der Waals surface area contributed by atoms with Crippen molar-refractivity contribution < 1.29 is 43.9 Å². The maximum absolute atomic E-state index is 12.6. The van der Waals surface area contributed by atoms with Crippen LogP contribution in [0.15, 0.2) is 73.3 Å². The van der Waals surface area contributed by atoms with Crippen LogP contribution in [0.25, 0.3) is 0 Å². The van der Waals surface area contributed by atoms with E-state index in [1.54, 1.807) is 80.2 Å². The highest BCUT2D eigenvalue weighted by Crippen LogP contribution is 2.24. The first kappa shape index (κ1) is 32.1. The monoisotopic (exact) mass is 573 g/mol. The van der Waals surface area contributed by atoms with Crippen LogP contribution in [0.5, 0.6) is 0 Å². The summed E-state index contributed by atoms with van der Waals surface area (Å²) in [6.07, 6.45) is 17.5. The van der Waals surface area contributed by atoms with Crippen molar-refractivity contribution in [1.82, 2.24) is 16.0 Å². The number of rotatable bonds is 18. The maximum atomic E-state index is 12.6. The highest BCUT2D eigenvalue weighted by Gasteiger charge is 2.37. The quantitative estimate of drug-likeness (QED) is 0.118. The summed E-state index contributed by atoms with van der Waals surface area (Å²) in [6.45, 7) is -0.824. The molecule has 0 aromatic rings. The number of hydrogen-bond donors (Lipinski definition) is 6. The number of Topliss-reactive ketones (excluding diaryl/α,β-unsaturated/α-hetero) is 3. The fourth-order valence-corrected chi connectivity index (χ4v) is 4.41. The lowest BCUT2D eigenvalue weighted by atomic mass is 9.92. The Kier molecular flexibility index (Phi) is 12.7. The molecule has 0 spiro atoms. The number of aliphatic hydroxyl groups excluding tert-OH is 3. The van der Waals surface area contributed by atoms with Crippen LogP contribution in [0, 0.1) is 5.41 Å². The largest absolute Gasteiger partial charge is 0.388 e. The molecular formula is C29H39N3O9. The van der Waals surface area contributed by atoms with Gasteiger partial charge in [0.1, 0.15) is 38.1 Å². The van der Waals surface area contributed by atoms with Crippen LogP contribution in [-0.2, 0) is 28.6 Å². The number of carbonyl (C=O) groups is 3. The van der Waals surface area contributed by atoms with E-state index in [2.05, 4.69) is 16.0 Å². The van der Waals surface area contributed by atoms with Gasteiger partial charge in [-0.15, -0.1) is 0 Å². The van der Waals surface area contributed by atoms with Crippen LogP contribution in [-0.4, -0.2) is 109 Å². The number of carbonyl (C=O) groups excluding carboxylic acids is 3. The van der Waals surface area contributed by atoms with Gasteiger partial charge in [0.05, 0.1) is 37.9 Å². The fourth-order valence-electron chi connectivity index (χ4n) is 4.41. The summed E-state index contributed by atoms with van der Waals surface area (Å²) >= 11 is 0. The van der Waals surface area contributed by atoms with Crippen molar-refractivity contribution in [3.05, 3.63) is 73.3 Å². The van der Waals surface area contributed by atoms with Crippen molar-refractivity contribution in [1.29, 1.82) is 0 Å². The summed E-state index contributed by atoms with van der Waals surface area (Å²) in [7, 11) is 0. The summed E-state index contributed by atoms with van der Waals surface area (Å²) in [5.74, 6) is -1.63. The van der Waals surface area contributed by atoms with Gasteiger partial charge < -0.3 is 45.5 Å². The van der Waals surface area contributed by atoms with Crippen LogP contribution in [0.4, 0.5) is 0 Å². The Labute approximate surface area is 239 Å². The number of ether oxygens (including phenoxy) is 3. The molecule has 3 heterocycles. The topological polar surface area (TPSA) is 176 Å². The highest BCUT2D eigenvalue weighted by atomic mass is 16.5. The van der Waals surface area contributed by atoms with Gasteiger partial charge in [-0.3, -0.25) is 14.4 Å². The first-order valence-corrected chi connectivity index (χ1v) is 13.4. The molecule has 0 amide bonds. The predicted molar refractivity (Wildman–Crippen MR) is 149 cm³/mol. The number of allylic oxidation sites excluding steroid dienone is 6. The zero-order valence-corrected chi connectivity index (χ0v) is 22.9. The predicted octanol–water partition coefficient (Wildman–Crippen LogP) is -1.04. The third kappa shape index (κ3) is 9.32. The summed E-state index contributed by atoms with van der Waals surface area (Å²) in [4.78, 5) is 37.8. The first-order valence-electron chi connectivity index (χ1n) is 13.4. The summed E-state index contributed by atoms with van der Waals surface area (Å²) in [6, 6.07) is -1.61. The molecule has 224 valence electrons. The normalized spacial score (nSPS) is 24.4. The molecule has 0 aromatic heterocycles. The van der Waals surface area contributed by atoms with Crippen LogP contribution < -0.4 is 16.0 Å². The number of aliphatic hydroxyl groups is 3. The minimum atomic E-state index is -1.05. The van der Waals surface area contributed by atoms with Crippen LogP contribution in [0.3, 0.4) is 0 Å². The summed E-state index contributed by atoms with van der Waals surface area (Å²) < 4.78 is 18.2. The van der Waals surface area contributed by atoms with Gasteiger partial charge in [0.15, 0.2) is 17.3 Å². The Balaban J connectivity index is 1.81. The Morgan fingerprint density at radius 1 is 0.610 bits per heavy atom. The number of ketones is 3. The molecule has 3 rings (SSSR count). The molecule has 41 heavy (non-hydrogen) atoms. The lowest BCUT2D eigenvalue weighted by molar-refractivity contribution is -0.153. The lowest BCUT2D eigenvalue weighted by Crippen LogP contribution is -2.51. The summed E-state index contributed by atoms with van der Waals surface area (Å²) in [5.41, 5.74) is -1.04. The van der Waals surface area contributed by atoms with Crippen molar-refractivity contribution in [2.45, 2.75) is 43.4 Å². The van der Waals surface area contributed by atoms with Gasteiger partial charge in [-0.2, -0.15) is 0 Å². The number of hydrogen-bond acceptors (Lipinski definition) is 12. The van der Waals surface area contributed by atoms with Crippen molar-refractivity contribution in [3.8, 4) is 0 Å². The van der Waals surface area contributed by atoms with Gasteiger partial charge in [0, 0.05) is 5.41 Å². The third-order valence-electron chi connectivity index (χ3n) is 6.68. The van der Waals surface area contributed by atoms with E-state index in [1.165, 1.54) is 0 Å². The summed E-state index contributed by atoms with van der Waals surface area (Å²) in [5, 5.41) is 37.8. The molecule has 6 unspecified atom stereocenters. The SMILES string of the molecule is CC(COC(C(=O)CO)C1C=CC=CN1)(COC(C(=O)CO)C1C=CC=CN1)COC(C(=O)CO)C1C=CC=CN1. The van der Waals surface area contributed by atoms with Crippen molar-refractivity contribution >= 4 is 17.3 Å². The van der Waals surface area contributed by atoms with E-state index in [9.17, 15) is 29.7 Å². The Morgan fingerprint density at radius 2 is 0.902 bits per heavy atom. The van der Waals surface area contributed by atoms with E-state index < -0.39 is 79.0 Å². The molecule has 3 aliphatic heterocycles. The smallest absolute Gasteiger partial charge is 0.189 e. The van der Waals surface area contributed by atoms with E-state index in [-0.39, 0.29) is 19.8 Å². The van der Waals surface area contributed by atoms with Gasteiger partial charge in [-0.1, -0.05) is 43.4 Å². The van der Waals surface area contributed by atoms with E-state index >= 15 is 0 Å². The molecule has 12 heteroatoms. The van der Waals surface area contributed by atoms with Crippen molar-refractivity contribution in [2.75, 3.05) is 39.6 Å². The minimum absolute atomic E-state index is 0.124.